The zero-order valence-corrected chi connectivity index (χ0v) is 19.1. The van der Waals surface area contributed by atoms with Crippen LogP contribution < -0.4 is 10.7 Å². The predicted molar refractivity (Wildman–Crippen MR) is 121 cm³/mol. The number of pyridine rings is 1. The Bertz CT molecular complexity index is 1220. The van der Waals surface area contributed by atoms with Crippen LogP contribution in [-0.4, -0.2) is 45.3 Å². The van der Waals surface area contributed by atoms with Gasteiger partial charge >= 0.3 is 0 Å². The van der Waals surface area contributed by atoms with Gasteiger partial charge in [0.25, 0.3) is 11.8 Å². The van der Waals surface area contributed by atoms with Crippen molar-refractivity contribution in [2.75, 3.05) is 6.54 Å². The van der Waals surface area contributed by atoms with Crippen LogP contribution in [0.4, 0.5) is 8.78 Å². The first-order valence-corrected chi connectivity index (χ1v) is 12.0. The van der Waals surface area contributed by atoms with E-state index in [1.54, 1.807) is 4.90 Å². The predicted octanol–water partition coefficient (Wildman–Crippen LogP) is 2.91. The van der Waals surface area contributed by atoms with Crippen LogP contribution in [0, 0.1) is 17.6 Å². The smallest absolute Gasteiger partial charge is 0.276 e. The monoisotopic (exact) mass is 487 g/mol. The number of rotatable bonds is 5. The molecule has 1 saturated carbocycles. The summed E-state index contributed by atoms with van der Waals surface area (Å²) in [4.78, 5) is 40.1. The number of hydrogen-bond donors (Lipinski definition) is 2. The minimum Gasteiger partial charge on any atom is -0.503 e. The maximum atomic E-state index is 13.9. The highest BCUT2D eigenvalue weighted by Crippen LogP contribution is 2.34. The maximum absolute atomic E-state index is 13.9. The fraction of sp³-hybridized carbons (Fsp3) is 0.480. The first kappa shape index (κ1) is 23.5. The van der Waals surface area contributed by atoms with Crippen molar-refractivity contribution < 1.29 is 28.2 Å². The second-order valence-electron chi connectivity index (χ2n) is 9.55. The Kier molecular flexibility index (Phi) is 6.31. The number of nitrogens with one attached hydrogen (secondary N) is 1. The van der Waals surface area contributed by atoms with Gasteiger partial charge < -0.3 is 24.6 Å². The number of carbonyl (C=O) groups excluding carboxylic acids is 2. The molecule has 3 aliphatic rings. The average molecular weight is 488 g/mol. The van der Waals surface area contributed by atoms with Crippen molar-refractivity contribution in [1.29, 1.82) is 0 Å². The zero-order valence-electron chi connectivity index (χ0n) is 19.1. The van der Waals surface area contributed by atoms with E-state index in [1.807, 2.05) is 0 Å². The van der Waals surface area contributed by atoms with E-state index in [2.05, 4.69) is 5.32 Å². The van der Waals surface area contributed by atoms with Crippen molar-refractivity contribution >= 4 is 11.8 Å². The van der Waals surface area contributed by atoms with Gasteiger partial charge in [-0.15, -0.1) is 0 Å². The molecule has 1 saturated heterocycles. The number of halogens is 2. The molecule has 8 nitrogen and oxygen atoms in total. The Balaban J connectivity index is 1.32. The van der Waals surface area contributed by atoms with Crippen molar-refractivity contribution in [3.05, 3.63) is 63.1 Å². The molecule has 1 aromatic heterocycles. The largest absolute Gasteiger partial charge is 0.503 e. The molecule has 3 heterocycles. The minimum atomic E-state index is -0.987. The molecule has 2 atom stereocenters. The van der Waals surface area contributed by atoms with Gasteiger partial charge in [-0.3, -0.25) is 14.4 Å². The van der Waals surface area contributed by atoms with Crippen LogP contribution in [0.25, 0.3) is 0 Å². The number of fused-ring (bicyclic) bond motifs is 2. The van der Waals surface area contributed by atoms with E-state index in [0.29, 0.717) is 18.5 Å². The molecule has 2 unspecified atom stereocenters. The van der Waals surface area contributed by atoms with Gasteiger partial charge in [-0.05, 0) is 18.4 Å². The molecule has 1 aromatic carbocycles. The minimum absolute atomic E-state index is 0.0382. The quantitative estimate of drug-likeness (QED) is 0.676. The van der Waals surface area contributed by atoms with Gasteiger partial charge in [0, 0.05) is 30.9 Å². The second-order valence-corrected chi connectivity index (χ2v) is 9.55. The number of ether oxygens (including phenoxy) is 1. The number of aromatic nitrogens is 1. The van der Waals surface area contributed by atoms with E-state index in [0.717, 1.165) is 25.3 Å². The van der Waals surface area contributed by atoms with E-state index >= 15 is 0 Å². The topological polar surface area (TPSA) is 101 Å². The molecule has 0 radical (unpaired) electrons. The van der Waals surface area contributed by atoms with E-state index < -0.39 is 40.9 Å². The molecule has 1 aliphatic carbocycles. The fourth-order valence-electron chi connectivity index (χ4n) is 5.38. The molecule has 35 heavy (non-hydrogen) atoms. The average Bonchev–Trinajstić information content (AvgIpc) is 3.24. The van der Waals surface area contributed by atoms with Gasteiger partial charge in [-0.25, -0.2) is 8.78 Å². The first-order chi connectivity index (χ1) is 16.8. The maximum Gasteiger partial charge on any atom is 0.276 e. The Labute approximate surface area is 200 Å². The van der Waals surface area contributed by atoms with Gasteiger partial charge in [-0.2, -0.15) is 0 Å². The number of hydrogen-bond acceptors (Lipinski definition) is 5. The highest BCUT2D eigenvalue weighted by molar-refractivity contribution is 5.99. The Hall–Kier alpha value is -3.27. The van der Waals surface area contributed by atoms with Crippen LogP contribution in [0.2, 0.25) is 0 Å². The van der Waals surface area contributed by atoms with Crippen LogP contribution in [0.15, 0.2) is 29.2 Å². The van der Waals surface area contributed by atoms with Gasteiger partial charge in [-0.1, -0.05) is 38.2 Å². The van der Waals surface area contributed by atoms with Gasteiger partial charge in [0.05, 0.1) is 12.6 Å². The molecule has 186 valence electrons. The van der Waals surface area contributed by atoms with Gasteiger partial charge in [0.2, 0.25) is 5.43 Å². The molecule has 0 spiro atoms. The lowest BCUT2D eigenvalue weighted by molar-refractivity contribution is -0.0213. The van der Waals surface area contributed by atoms with E-state index in [4.69, 9.17) is 4.74 Å². The SMILES string of the molecule is O=C(NCc1ccc(F)cc1F)c1cn2c(c(O)c1=O)C(=O)N1CC(CC3CCCCC3)OC1C2. The molecule has 0 bridgehead atoms. The Morgan fingerprint density at radius 3 is 2.66 bits per heavy atom. The molecule has 5 rings (SSSR count). The van der Waals surface area contributed by atoms with Crippen molar-refractivity contribution in [2.24, 2.45) is 5.92 Å². The summed E-state index contributed by atoms with van der Waals surface area (Å²) in [6, 6.07) is 2.95. The summed E-state index contributed by atoms with van der Waals surface area (Å²) >= 11 is 0. The molecule has 2 amide bonds. The zero-order chi connectivity index (χ0) is 24.7. The number of benzene rings is 1. The summed E-state index contributed by atoms with van der Waals surface area (Å²) in [6.07, 6.45) is 7.44. The molecule has 2 aromatic rings. The molecular weight excluding hydrogens is 460 g/mol. The third kappa shape index (κ3) is 4.54. The first-order valence-electron chi connectivity index (χ1n) is 12.0. The molecule has 2 N–H and O–H groups in total. The lowest BCUT2D eigenvalue weighted by atomic mass is 9.85. The third-order valence-corrected chi connectivity index (χ3v) is 7.19. The summed E-state index contributed by atoms with van der Waals surface area (Å²) in [5.41, 5.74) is -1.50. The molecular formula is C25H27F2N3O5. The number of carbonyl (C=O) groups is 2. The summed E-state index contributed by atoms with van der Waals surface area (Å²) in [5, 5.41) is 13.0. The van der Waals surface area contributed by atoms with Crippen LogP contribution in [0.3, 0.4) is 0 Å². The highest BCUT2D eigenvalue weighted by Gasteiger charge is 2.43. The van der Waals surface area contributed by atoms with E-state index in [-0.39, 0.29) is 36.0 Å². The molecule has 2 fully saturated rings. The van der Waals surface area contributed by atoms with Crippen LogP contribution in [0.1, 0.15) is 64.9 Å². The normalized spacial score (nSPS) is 22.1. The second kappa shape index (κ2) is 9.41. The Morgan fingerprint density at radius 1 is 1.14 bits per heavy atom. The van der Waals surface area contributed by atoms with Crippen molar-refractivity contribution in [3.8, 4) is 5.75 Å². The molecule has 2 aliphatic heterocycles. The molecule has 10 heteroatoms. The fourth-order valence-corrected chi connectivity index (χ4v) is 5.38. The Morgan fingerprint density at radius 2 is 1.91 bits per heavy atom. The number of amides is 2. The van der Waals surface area contributed by atoms with Gasteiger partial charge in [0.1, 0.15) is 17.2 Å². The van der Waals surface area contributed by atoms with Crippen molar-refractivity contribution in [1.82, 2.24) is 14.8 Å². The summed E-state index contributed by atoms with van der Waals surface area (Å²) < 4.78 is 34.5. The summed E-state index contributed by atoms with van der Waals surface area (Å²) in [5.74, 6) is -3.16. The van der Waals surface area contributed by atoms with Gasteiger partial charge in [0.15, 0.2) is 17.7 Å². The standard InChI is InChI=1S/C25H27F2N3O5/c26-16-7-6-15(19(27)9-16)10-28-24(33)18-12-29-13-20-30(25(34)21(29)23(32)22(18)31)11-17(35-20)8-14-4-2-1-3-5-14/h6-7,9,12,14,17,20,32H,1-5,8,10-11,13H2,(H,28,33). The van der Waals surface area contributed by atoms with Crippen LogP contribution >= 0.6 is 0 Å². The third-order valence-electron chi connectivity index (χ3n) is 7.19. The summed E-state index contributed by atoms with van der Waals surface area (Å²) in [7, 11) is 0. The van der Waals surface area contributed by atoms with Crippen molar-refractivity contribution in [3.63, 3.8) is 0 Å². The highest BCUT2D eigenvalue weighted by atomic mass is 19.1. The summed E-state index contributed by atoms with van der Waals surface area (Å²) in [6.45, 7) is 0.288. The number of aromatic hydroxyl groups is 1. The van der Waals surface area contributed by atoms with E-state index in [9.17, 15) is 28.3 Å². The van der Waals surface area contributed by atoms with Crippen LogP contribution in [-0.2, 0) is 17.8 Å². The van der Waals surface area contributed by atoms with Crippen LogP contribution in [0.5, 0.6) is 5.75 Å². The number of nitrogens with zero attached hydrogens (tertiary/aromatic N) is 2. The lowest BCUT2D eigenvalue weighted by Crippen LogP contribution is -2.46. The van der Waals surface area contributed by atoms with E-state index in [1.165, 1.54) is 36.1 Å². The van der Waals surface area contributed by atoms with Crippen molar-refractivity contribution in [2.45, 2.75) is 63.9 Å². The lowest BCUT2D eigenvalue weighted by Gasteiger charge is -2.31.